The van der Waals surface area contributed by atoms with Crippen molar-refractivity contribution < 1.29 is 9.90 Å². The molecule has 0 aliphatic carbocycles. The van der Waals surface area contributed by atoms with E-state index in [0.717, 1.165) is 19.4 Å². The van der Waals surface area contributed by atoms with Crippen LogP contribution >= 0.6 is 0 Å². The molecule has 0 aliphatic heterocycles. The summed E-state index contributed by atoms with van der Waals surface area (Å²) in [6, 6.07) is 0. The average Bonchev–Trinajstić information content (AvgIpc) is 2.09. The average molecular weight is 229 g/mol. The highest BCUT2D eigenvalue weighted by Crippen LogP contribution is 2.40. The number of carboxylic acids is 1. The lowest BCUT2D eigenvalue weighted by atomic mass is 9.66. The van der Waals surface area contributed by atoms with Crippen LogP contribution in [-0.4, -0.2) is 36.6 Å². The molecule has 0 aromatic heterocycles. The number of hydrogen-bond donors (Lipinski definition) is 1. The SMILES string of the molecule is CC(C)C(CCCN(C)C)(C(=O)O)C(C)C. The molecule has 0 fully saturated rings. The molecule has 0 amide bonds. The van der Waals surface area contributed by atoms with Crippen LogP contribution < -0.4 is 0 Å². The first kappa shape index (κ1) is 15.4. The van der Waals surface area contributed by atoms with Crippen molar-refractivity contribution in [1.82, 2.24) is 4.90 Å². The van der Waals surface area contributed by atoms with Crippen molar-refractivity contribution in [3.8, 4) is 0 Å². The van der Waals surface area contributed by atoms with E-state index in [2.05, 4.69) is 4.90 Å². The van der Waals surface area contributed by atoms with Crippen molar-refractivity contribution in [2.75, 3.05) is 20.6 Å². The predicted octanol–water partition coefficient (Wildman–Crippen LogP) is 2.71. The van der Waals surface area contributed by atoms with Gasteiger partial charge >= 0.3 is 5.97 Å². The minimum Gasteiger partial charge on any atom is -0.481 e. The van der Waals surface area contributed by atoms with E-state index in [-0.39, 0.29) is 11.8 Å². The molecular formula is C13H27NO2. The number of carbonyl (C=O) groups is 1. The number of aliphatic carboxylic acids is 1. The van der Waals surface area contributed by atoms with Crippen molar-refractivity contribution in [3.05, 3.63) is 0 Å². The van der Waals surface area contributed by atoms with Gasteiger partial charge in [0.1, 0.15) is 0 Å². The van der Waals surface area contributed by atoms with E-state index >= 15 is 0 Å². The summed E-state index contributed by atoms with van der Waals surface area (Å²) in [7, 11) is 4.04. The highest BCUT2D eigenvalue weighted by molar-refractivity contribution is 5.75. The zero-order chi connectivity index (χ0) is 12.9. The van der Waals surface area contributed by atoms with Crippen LogP contribution in [0.4, 0.5) is 0 Å². The zero-order valence-corrected chi connectivity index (χ0v) is 11.6. The second kappa shape index (κ2) is 6.24. The highest BCUT2D eigenvalue weighted by Gasteiger charge is 2.43. The van der Waals surface area contributed by atoms with Gasteiger partial charge in [-0.25, -0.2) is 0 Å². The van der Waals surface area contributed by atoms with Gasteiger partial charge in [0.05, 0.1) is 5.41 Å². The standard InChI is InChI=1S/C13H27NO2/c1-10(2)13(11(3)4,12(15)16)8-7-9-14(5)6/h10-11H,7-9H2,1-6H3,(H,15,16). The number of nitrogens with zero attached hydrogens (tertiary/aromatic N) is 1. The molecule has 0 saturated heterocycles. The lowest BCUT2D eigenvalue weighted by Crippen LogP contribution is -2.41. The van der Waals surface area contributed by atoms with E-state index < -0.39 is 11.4 Å². The maximum Gasteiger partial charge on any atom is 0.310 e. The fraction of sp³-hybridized carbons (Fsp3) is 0.923. The van der Waals surface area contributed by atoms with Crippen LogP contribution in [-0.2, 0) is 4.79 Å². The number of carboxylic acid groups (broad SMARTS) is 1. The third kappa shape index (κ3) is 3.48. The molecule has 0 spiro atoms. The first-order valence-electron chi connectivity index (χ1n) is 6.13. The van der Waals surface area contributed by atoms with Crippen molar-refractivity contribution >= 4 is 5.97 Å². The van der Waals surface area contributed by atoms with Crippen LogP contribution in [0.15, 0.2) is 0 Å². The first-order chi connectivity index (χ1) is 7.25. The second-order valence-electron chi connectivity index (χ2n) is 5.56. The van der Waals surface area contributed by atoms with Gasteiger partial charge in [-0.05, 0) is 45.3 Å². The number of rotatable bonds is 7. The molecule has 1 N–H and O–H groups in total. The Morgan fingerprint density at radius 1 is 1.19 bits per heavy atom. The van der Waals surface area contributed by atoms with Gasteiger partial charge in [-0.1, -0.05) is 27.7 Å². The second-order valence-corrected chi connectivity index (χ2v) is 5.56. The summed E-state index contributed by atoms with van der Waals surface area (Å²) < 4.78 is 0. The third-order valence-electron chi connectivity index (χ3n) is 3.65. The molecule has 0 rings (SSSR count). The molecule has 0 saturated carbocycles. The summed E-state index contributed by atoms with van der Waals surface area (Å²) >= 11 is 0. The van der Waals surface area contributed by atoms with E-state index in [1.54, 1.807) is 0 Å². The summed E-state index contributed by atoms with van der Waals surface area (Å²) in [5, 5.41) is 9.52. The van der Waals surface area contributed by atoms with Crippen LogP contribution in [0.25, 0.3) is 0 Å². The Labute approximate surface area is 99.8 Å². The minimum atomic E-state index is -0.642. The van der Waals surface area contributed by atoms with Gasteiger partial charge in [-0.2, -0.15) is 0 Å². The van der Waals surface area contributed by atoms with Gasteiger partial charge in [-0.15, -0.1) is 0 Å². The summed E-state index contributed by atoms with van der Waals surface area (Å²) in [6.45, 7) is 9.02. The lowest BCUT2D eigenvalue weighted by Gasteiger charge is -2.37. The molecule has 16 heavy (non-hydrogen) atoms. The van der Waals surface area contributed by atoms with Gasteiger partial charge in [-0.3, -0.25) is 4.79 Å². The monoisotopic (exact) mass is 229 g/mol. The van der Waals surface area contributed by atoms with Crippen molar-refractivity contribution in [2.45, 2.75) is 40.5 Å². The molecule has 3 nitrogen and oxygen atoms in total. The third-order valence-corrected chi connectivity index (χ3v) is 3.65. The van der Waals surface area contributed by atoms with E-state index in [0.29, 0.717) is 0 Å². The summed E-state index contributed by atoms with van der Waals surface area (Å²) in [4.78, 5) is 13.7. The number of hydrogen-bond acceptors (Lipinski definition) is 2. The van der Waals surface area contributed by atoms with Gasteiger partial charge in [0.15, 0.2) is 0 Å². The molecule has 0 aliphatic rings. The molecule has 0 aromatic rings. The Hall–Kier alpha value is -0.570. The molecule has 0 radical (unpaired) electrons. The van der Waals surface area contributed by atoms with Gasteiger partial charge in [0, 0.05) is 0 Å². The van der Waals surface area contributed by atoms with Crippen molar-refractivity contribution in [3.63, 3.8) is 0 Å². The molecule has 0 heterocycles. The maximum absolute atomic E-state index is 11.6. The molecular weight excluding hydrogens is 202 g/mol. The quantitative estimate of drug-likeness (QED) is 0.729. The fourth-order valence-corrected chi connectivity index (χ4v) is 2.53. The maximum atomic E-state index is 11.6. The smallest absolute Gasteiger partial charge is 0.310 e. The Morgan fingerprint density at radius 2 is 1.62 bits per heavy atom. The normalized spacial score (nSPS) is 12.8. The van der Waals surface area contributed by atoms with Crippen LogP contribution in [0.1, 0.15) is 40.5 Å². The van der Waals surface area contributed by atoms with E-state index in [9.17, 15) is 9.90 Å². The summed E-state index contributed by atoms with van der Waals surface area (Å²) in [5.41, 5.74) is -0.573. The van der Waals surface area contributed by atoms with E-state index in [1.807, 2.05) is 41.8 Å². The van der Waals surface area contributed by atoms with Crippen molar-refractivity contribution in [1.29, 1.82) is 0 Å². The van der Waals surface area contributed by atoms with Crippen LogP contribution in [0.2, 0.25) is 0 Å². The van der Waals surface area contributed by atoms with Crippen LogP contribution in [0, 0.1) is 17.3 Å². The van der Waals surface area contributed by atoms with E-state index in [1.165, 1.54) is 0 Å². The lowest BCUT2D eigenvalue weighted by molar-refractivity contribution is -0.156. The predicted molar refractivity (Wildman–Crippen MR) is 67.5 cm³/mol. The summed E-state index contributed by atoms with van der Waals surface area (Å²) in [5.74, 6) is -0.296. The molecule has 0 bridgehead atoms. The first-order valence-corrected chi connectivity index (χ1v) is 6.13. The molecule has 0 atom stereocenters. The molecule has 3 heteroatoms. The Morgan fingerprint density at radius 3 is 1.88 bits per heavy atom. The van der Waals surface area contributed by atoms with Gasteiger partial charge in [0.25, 0.3) is 0 Å². The highest BCUT2D eigenvalue weighted by atomic mass is 16.4. The van der Waals surface area contributed by atoms with E-state index in [4.69, 9.17) is 0 Å². The fourth-order valence-electron chi connectivity index (χ4n) is 2.53. The summed E-state index contributed by atoms with van der Waals surface area (Å²) in [6.07, 6.45) is 1.70. The minimum absolute atomic E-state index is 0.173. The largest absolute Gasteiger partial charge is 0.481 e. The zero-order valence-electron chi connectivity index (χ0n) is 11.6. The Kier molecular flexibility index (Phi) is 6.01. The molecule has 96 valence electrons. The molecule has 0 unspecified atom stereocenters. The Bertz CT molecular complexity index is 214. The van der Waals surface area contributed by atoms with Gasteiger partial charge in [0.2, 0.25) is 0 Å². The Balaban J connectivity index is 4.71. The van der Waals surface area contributed by atoms with Gasteiger partial charge < -0.3 is 10.0 Å². The van der Waals surface area contributed by atoms with Crippen LogP contribution in [0.5, 0.6) is 0 Å². The van der Waals surface area contributed by atoms with Crippen molar-refractivity contribution in [2.24, 2.45) is 17.3 Å². The topological polar surface area (TPSA) is 40.5 Å². The van der Waals surface area contributed by atoms with Crippen LogP contribution in [0.3, 0.4) is 0 Å². The molecule has 0 aromatic carbocycles.